The molecule has 1 aromatic heterocycles. The van der Waals surface area contributed by atoms with Crippen molar-refractivity contribution in [2.75, 3.05) is 7.11 Å². The summed E-state index contributed by atoms with van der Waals surface area (Å²) in [7, 11) is 1.55. The van der Waals surface area contributed by atoms with E-state index >= 15 is 0 Å². The molecule has 0 bridgehead atoms. The third kappa shape index (κ3) is 3.87. The molecule has 1 heterocycles. The van der Waals surface area contributed by atoms with Gasteiger partial charge in [0.05, 0.1) is 18.9 Å². The Balaban J connectivity index is 1.85. The maximum absolute atomic E-state index is 12.5. The van der Waals surface area contributed by atoms with Crippen molar-refractivity contribution >= 4 is 28.1 Å². The Morgan fingerprint density at radius 3 is 2.50 bits per heavy atom. The second-order valence-corrected chi connectivity index (χ2v) is 7.27. The zero-order valence-electron chi connectivity index (χ0n) is 16.3. The molecule has 2 aromatic carbocycles. The number of rotatable bonds is 5. The lowest BCUT2D eigenvalue weighted by Gasteiger charge is -2.09. The Kier molecular flexibility index (Phi) is 5.99. The van der Waals surface area contributed by atoms with Crippen LogP contribution in [0.4, 0.5) is 0 Å². The molecule has 0 unspecified atom stereocenters. The van der Waals surface area contributed by atoms with Crippen LogP contribution in [0, 0.1) is 20.8 Å². The third-order valence-corrected chi connectivity index (χ3v) is 5.59. The van der Waals surface area contributed by atoms with Gasteiger partial charge in [0, 0.05) is 27.1 Å². The molecule has 0 atom stereocenters. The van der Waals surface area contributed by atoms with Gasteiger partial charge in [-0.05, 0) is 66.5 Å². The molecular formula is C22H22BrN3O2. The van der Waals surface area contributed by atoms with E-state index in [9.17, 15) is 4.79 Å². The summed E-state index contributed by atoms with van der Waals surface area (Å²) < 4.78 is 8.39. The molecule has 0 aliphatic rings. The second-order valence-electron chi connectivity index (χ2n) is 6.47. The van der Waals surface area contributed by atoms with Crippen molar-refractivity contribution in [3.05, 3.63) is 81.1 Å². The summed E-state index contributed by atoms with van der Waals surface area (Å²) in [5.41, 5.74) is 8.14. The number of halogens is 1. The quantitative estimate of drug-likeness (QED) is 0.452. The molecular weight excluding hydrogens is 418 g/mol. The summed E-state index contributed by atoms with van der Waals surface area (Å²) in [5.74, 6) is 0.206. The van der Waals surface area contributed by atoms with Crippen LogP contribution in [0.3, 0.4) is 0 Å². The van der Waals surface area contributed by atoms with E-state index in [1.54, 1.807) is 19.4 Å². The molecule has 28 heavy (non-hydrogen) atoms. The lowest BCUT2D eigenvalue weighted by molar-refractivity contribution is 0.0952. The summed E-state index contributed by atoms with van der Waals surface area (Å²) >= 11 is 3.65. The summed E-state index contributed by atoms with van der Waals surface area (Å²) in [6.45, 7) is 6.01. The molecule has 0 fully saturated rings. The van der Waals surface area contributed by atoms with Crippen LogP contribution in [-0.4, -0.2) is 23.8 Å². The fraction of sp³-hybridized carbons (Fsp3) is 0.182. The number of amides is 1. The van der Waals surface area contributed by atoms with Crippen LogP contribution in [-0.2, 0) is 0 Å². The maximum atomic E-state index is 12.5. The number of carbonyl (C=O) groups excluding carboxylic acids is 1. The zero-order chi connectivity index (χ0) is 20.3. The summed E-state index contributed by atoms with van der Waals surface area (Å²) in [4.78, 5) is 12.5. The number of hydrogen-bond donors (Lipinski definition) is 1. The summed E-state index contributed by atoms with van der Waals surface area (Å²) in [6, 6.07) is 15.5. The lowest BCUT2D eigenvalue weighted by Crippen LogP contribution is -2.18. The number of benzene rings is 2. The smallest absolute Gasteiger partial charge is 0.275 e. The van der Waals surface area contributed by atoms with Gasteiger partial charge in [-0.3, -0.25) is 4.79 Å². The van der Waals surface area contributed by atoms with Crippen molar-refractivity contribution in [2.45, 2.75) is 20.8 Å². The van der Waals surface area contributed by atoms with Gasteiger partial charge in [0.2, 0.25) is 0 Å². The molecule has 1 amide bonds. The van der Waals surface area contributed by atoms with E-state index in [0.29, 0.717) is 11.3 Å². The summed E-state index contributed by atoms with van der Waals surface area (Å²) in [5, 5.41) is 4.16. The minimum atomic E-state index is -0.318. The van der Waals surface area contributed by atoms with Crippen molar-refractivity contribution in [2.24, 2.45) is 5.10 Å². The normalized spacial score (nSPS) is 11.0. The van der Waals surface area contributed by atoms with E-state index < -0.39 is 0 Å². The molecule has 0 aliphatic heterocycles. The second kappa shape index (κ2) is 8.44. The number of ether oxygens (including phenoxy) is 1. The van der Waals surface area contributed by atoms with Crippen LogP contribution in [0.25, 0.3) is 5.69 Å². The van der Waals surface area contributed by atoms with Crippen LogP contribution in [0.1, 0.15) is 32.9 Å². The Morgan fingerprint density at radius 2 is 1.82 bits per heavy atom. The molecule has 6 heteroatoms. The van der Waals surface area contributed by atoms with Gasteiger partial charge in [0.1, 0.15) is 5.75 Å². The van der Waals surface area contributed by atoms with Crippen LogP contribution in [0.5, 0.6) is 5.75 Å². The fourth-order valence-corrected chi connectivity index (χ4v) is 3.71. The average molecular weight is 440 g/mol. The van der Waals surface area contributed by atoms with E-state index in [-0.39, 0.29) is 5.91 Å². The molecule has 5 nitrogen and oxygen atoms in total. The first-order valence-electron chi connectivity index (χ1n) is 8.85. The number of carbonyl (C=O) groups is 1. The van der Waals surface area contributed by atoms with Gasteiger partial charge in [0.25, 0.3) is 5.91 Å². The average Bonchev–Trinajstić information content (AvgIpc) is 2.91. The van der Waals surface area contributed by atoms with Crippen LogP contribution < -0.4 is 10.2 Å². The van der Waals surface area contributed by atoms with Crippen LogP contribution in [0.2, 0.25) is 0 Å². The molecule has 1 N–H and O–H groups in total. The fourth-order valence-electron chi connectivity index (χ4n) is 3.14. The van der Waals surface area contributed by atoms with Crippen molar-refractivity contribution in [1.29, 1.82) is 0 Å². The van der Waals surface area contributed by atoms with Gasteiger partial charge >= 0.3 is 0 Å². The Morgan fingerprint density at radius 1 is 1.11 bits per heavy atom. The summed E-state index contributed by atoms with van der Waals surface area (Å²) in [6.07, 6.45) is 1.66. The Hall–Kier alpha value is -2.86. The number of para-hydroxylation sites is 1. The minimum absolute atomic E-state index is 0.318. The molecule has 144 valence electrons. The van der Waals surface area contributed by atoms with Crippen molar-refractivity contribution in [3.63, 3.8) is 0 Å². The first kappa shape index (κ1) is 19.9. The molecule has 0 spiro atoms. The predicted octanol–water partition coefficient (Wildman–Crippen LogP) is 4.94. The van der Waals surface area contributed by atoms with E-state index in [0.717, 1.165) is 32.7 Å². The third-order valence-electron chi connectivity index (χ3n) is 4.59. The minimum Gasteiger partial charge on any atom is -0.496 e. The SMILES string of the molecule is COc1cc(C)ccc1C(=O)N/N=C\c1c(Br)c(C)n(-c2ccccc2)c1C. The highest BCUT2D eigenvalue weighted by Crippen LogP contribution is 2.29. The topological polar surface area (TPSA) is 55.6 Å². The van der Waals surface area contributed by atoms with Crippen molar-refractivity contribution < 1.29 is 9.53 Å². The first-order chi connectivity index (χ1) is 13.4. The molecule has 3 aromatic rings. The van der Waals surface area contributed by atoms with Crippen LogP contribution >= 0.6 is 15.9 Å². The molecule has 0 saturated heterocycles. The van der Waals surface area contributed by atoms with E-state index in [4.69, 9.17) is 4.74 Å². The van der Waals surface area contributed by atoms with Gasteiger partial charge in [-0.25, -0.2) is 5.43 Å². The lowest BCUT2D eigenvalue weighted by atomic mass is 10.1. The highest BCUT2D eigenvalue weighted by Gasteiger charge is 2.16. The number of hydrogen-bond acceptors (Lipinski definition) is 3. The number of nitrogens with zero attached hydrogens (tertiary/aromatic N) is 2. The Bertz CT molecular complexity index is 1040. The van der Waals surface area contributed by atoms with Gasteiger partial charge in [-0.1, -0.05) is 24.3 Å². The Labute approximate surface area is 173 Å². The number of methoxy groups -OCH3 is 1. The molecule has 0 aliphatic carbocycles. The number of aromatic nitrogens is 1. The predicted molar refractivity (Wildman–Crippen MR) is 116 cm³/mol. The highest BCUT2D eigenvalue weighted by molar-refractivity contribution is 9.10. The number of aryl methyl sites for hydroxylation is 1. The van der Waals surface area contributed by atoms with Gasteiger partial charge in [0.15, 0.2) is 0 Å². The first-order valence-corrected chi connectivity index (χ1v) is 9.64. The van der Waals surface area contributed by atoms with E-state index in [1.165, 1.54) is 0 Å². The molecule has 0 saturated carbocycles. The van der Waals surface area contributed by atoms with E-state index in [1.807, 2.05) is 51.1 Å². The van der Waals surface area contributed by atoms with Crippen molar-refractivity contribution in [1.82, 2.24) is 9.99 Å². The van der Waals surface area contributed by atoms with Gasteiger partial charge < -0.3 is 9.30 Å². The van der Waals surface area contributed by atoms with Crippen LogP contribution in [0.15, 0.2) is 58.1 Å². The van der Waals surface area contributed by atoms with Crippen molar-refractivity contribution in [3.8, 4) is 11.4 Å². The standard InChI is InChI=1S/C22H22BrN3O2/c1-14-10-11-18(20(12-14)28-4)22(27)25-24-13-19-15(2)26(16(3)21(19)23)17-8-6-5-7-9-17/h5-13H,1-4H3,(H,25,27)/b24-13-. The molecule has 3 rings (SSSR count). The van der Waals surface area contributed by atoms with Gasteiger partial charge in [-0.15, -0.1) is 0 Å². The van der Waals surface area contributed by atoms with E-state index in [2.05, 4.69) is 43.2 Å². The zero-order valence-corrected chi connectivity index (χ0v) is 17.9. The highest BCUT2D eigenvalue weighted by atomic mass is 79.9. The maximum Gasteiger partial charge on any atom is 0.275 e. The molecule has 0 radical (unpaired) electrons. The monoisotopic (exact) mass is 439 g/mol. The number of hydrazone groups is 1. The number of nitrogens with one attached hydrogen (secondary N) is 1. The van der Waals surface area contributed by atoms with Gasteiger partial charge in [-0.2, -0.15) is 5.10 Å². The largest absolute Gasteiger partial charge is 0.496 e.